The highest BCUT2D eigenvalue weighted by Crippen LogP contribution is 2.23. The van der Waals surface area contributed by atoms with E-state index in [2.05, 4.69) is 15.6 Å². The van der Waals surface area contributed by atoms with Crippen LogP contribution in [-0.4, -0.2) is 46.2 Å². The van der Waals surface area contributed by atoms with Crippen LogP contribution in [-0.2, 0) is 11.3 Å². The van der Waals surface area contributed by atoms with Crippen molar-refractivity contribution in [3.8, 4) is 0 Å². The van der Waals surface area contributed by atoms with E-state index >= 15 is 0 Å². The third-order valence-electron chi connectivity index (χ3n) is 3.05. The molecule has 3 N–H and O–H groups in total. The van der Waals surface area contributed by atoms with Gasteiger partial charge in [0.2, 0.25) is 0 Å². The van der Waals surface area contributed by atoms with E-state index in [-0.39, 0.29) is 11.5 Å². The van der Waals surface area contributed by atoms with Gasteiger partial charge in [0.25, 0.3) is 5.91 Å². The van der Waals surface area contributed by atoms with Crippen LogP contribution in [0.4, 0.5) is 0 Å². The van der Waals surface area contributed by atoms with Crippen LogP contribution in [0.25, 0.3) is 0 Å². The van der Waals surface area contributed by atoms with Crippen molar-refractivity contribution < 1.29 is 9.53 Å². The van der Waals surface area contributed by atoms with Crippen molar-refractivity contribution in [3.63, 3.8) is 0 Å². The van der Waals surface area contributed by atoms with Gasteiger partial charge >= 0.3 is 0 Å². The van der Waals surface area contributed by atoms with E-state index in [0.29, 0.717) is 25.3 Å². The molecular weight excluding hydrogens is 234 g/mol. The predicted octanol–water partition coefficient (Wildman–Crippen LogP) is -0.464. The Labute approximate surface area is 106 Å². The first-order valence-corrected chi connectivity index (χ1v) is 6.15. The van der Waals surface area contributed by atoms with E-state index in [1.54, 1.807) is 10.9 Å². The lowest BCUT2D eigenvalue weighted by molar-refractivity contribution is 0.0205. The van der Waals surface area contributed by atoms with Crippen LogP contribution in [0.3, 0.4) is 0 Å². The molecule has 2 rings (SSSR count). The molecule has 1 amide bonds. The van der Waals surface area contributed by atoms with Crippen molar-refractivity contribution in [2.45, 2.75) is 31.9 Å². The summed E-state index contributed by atoms with van der Waals surface area (Å²) in [5.74, 6) is -0.227. The van der Waals surface area contributed by atoms with Crippen molar-refractivity contribution in [1.82, 2.24) is 20.3 Å². The third kappa shape index (κ3) is 3.05. The maximum Gasteiger partial charge on any atom is 0.273 e. The molecule has 18 heavy (non-hydrogen) atoms. The average molecular weight is 253 g/mol. The molecule has 7 nitrogen and oxygen atoms in total. The molecule has 0 aromatic carbocycles. The summed E-state index contributed by atoms with van der Waals surface area (Å²) in [5, 5.41) is 10.5. The number of carbonyl (C=O) groups excluding carboxylic acids is 1. The van der Waals surface area contributed by atoms with Crippen molar-refractivity contribution in [2.75, 3.05) is 19.7 Å². The maximum atomic E-state index is 11.8. The fourth-order valence-corrected chi connectivity index (χ4v) is 1.98. The fraction of sp³-hybridized carbons (Fsp3) is 0.727. The van der Waals surface area contributed by atoms with Gasteiger partial charge in [-0.25, -0.2) is 0 Å². The minimum absolute atomic E-state index is 0.227. The molecule has 0 saturated carbocycles. The zero-order valence-corrected chi connectivity index (χ0v) is 10.6. The van der Waals surface area contributed by atoms with Crippen molar-refractivity contribution in [2.24, 2.45) is 5.73 Å². The lowest BCUT2D eigenvalue weighted by Crippen LogP contribution is -2.40. The van der Waals surface area contributed by atoms with Crippen LogP contribution in [0.1, 0.15) is 30.3 Å². The molecular formula is C11H19N5O2. The standard InChI is InChI=1S/C11H19N5O2/c1-11(3-2-6-18-11)8-13-10(17)9-7-16(5-4-12)15-14-9/h7H,2-6,8,12H2,1H3,(H,13,17). The number of aromatic nitrogens is 3. The molecule has 1 saturated heterocycles. The Morgan fingerprint density at radius 1 is 1.72 bits per heavy atom. The monoisotopic (exact) mass is 253 g/mol. The zero-order valence-electron chi connectivity index (χ0n) is 10.6. The Morgan fingerprint density at radius 3 is 3.22 bits per heavy atom. The highest BCUT2D eigenvalue weighted by Gasteiger charge is 2.30. The first kappa shape index (κ1) is 13.0. The van der Waals surface area contributed by atoms with Crippen molar-refractivity contribution >= 4 is 5.91 Å². The van der Waals surface area contributed by atoms with Crippen LogP contribution in [0, 0.1) is 0 Å². The lowest BCUT2D eigenvalue weighted by Gasteiger charge is -2.22. The van der Waals surface area contributed by atoms with Gasteiger partial charge in [-0.2, -0.15) is 0 Å². The SMILES string of the molecule is CC1(CNC(=O)c2cn(CCN)nn2)CCCO1. The Kier molecular flexibility index (Phi) is 3.93. The molecule has 1 aromatic rings. The maximum absolute atomic E-state index is 11.8. The molecule has 0 spiro atoms. The minimum atomic E-state index is -0.247. The largest absolute Gasteiger partial charge is 0.373 e. The Balaban J connectivity index is 1.87. The van der Waals surface area contributed by atoms with Gasteiger partial charge in [0.1, 0.15) is 0 Å². The van der Waals surface area contributed by atoms with Crippen LogP contribution < -0.4 is 11.1 Å². The van der Waals surface area contributed by atoms with E-state index in [9.17, 15) is 4.79 Å². The highest BCUT2D eigenvalue weighted by molar-refractivity contribution is 5.91. The second kappa shape index (κ2) is 5.45. The quantitative estimate of drug-likeness (QED) is 0.740. The van der Waals surface area contributed by atoms with Gasteiger partial charge in [-0.3, -0.25) is 9.48 Å². The summed E-state index contributed by atoms with van der Waals surface area (Å²) in [6, 6.07) is 0. The molecule has 100 valence electrons. The van der Waals surface area contributed by atoms with Gasteiger partial charge in [0.05, 0.1) is 18.3 Å². The number of nitrogens with zero attached hydrogens (tertiary/aromatic N) is 3. The molecule has 1 aliphatic rings. The summed E-state index contributed by atoms with van der Waals surface area (Å²) in [5.41, 5.74) is 5.46. The van der Waals surface area contributed by atoms with E-state index < -0.39 is 0 Å². The topological polar surface area (TPSA) is 95.1 Å². The van der Waals surface area contributed by atoms with Gasteiger partial charge < -0.3 is 15.8 Å². The summed E-state index contributed by atoms with van der Waals surface area (Å²) < 4.78 is 7.16. The molecule has 1 aromatic heterocycles. The molecule has 1 fully saturated rings. The van der Waals surface area contributed by atoms with Crippen LogP contribution in [0.5, 0.6) is 0 Å². The summed E-state index contributed by atoms with van der Waals surface area (Å²) >= 11 is 0. The number of amides is 1. The molecule has 1 atom stereocenters. The van der Waals surface area contributed by atoms with Crippen LogP contribution >= 0.6 is 0 Å². The molecule has 0 aliphatic carbocycles. The number of hydrogen-bond donors (Lipinski definition) is 2. The Hall–Kier alpha value is -1.47. The molecule has 1 unspecified atom stereocenters. The zero-order chi connectivity index (χ0) is 13.0. The predicted molar refractivity (Wildman–Crippen MR) is 65.0 cm³/mol. The van der Waals surface area contributed by atoms with Crippen LogP contribution in [0.2, 0.25) is 0 Å². The molecule has 2 heterocycles. The summed E-state index contributed by atoms with van der Waals surface area (Å²) in [4.78, 5) is 11.8. The number of rotatable bonds is 5. The van der Waals surface area contributed by atoms with E-state index in [1.807, 2.05) is 6.92 Å². The summed E-state index contributed by atoms with van der Waals surface area (Å²) in [7, 11) is 0. The van der Waals surface area contributed by atoms with Crippen LogP contribution in [0.15, 0.2) is 6.20 Å². The second-order valence-electron chi connectivity index (χ2n) is 4.74. The van der Waals surface area contributed by atoms with E-state index in [0.717, 1.165) is 19.4 Å². The fourth-order valence-electron chi connectivity index (χ4n) is 1.98. The van der Waals surface area contributed by atoms with E-state index in [4.69, 9.17) is 10.5 Å². The van der Waals surface area contributed by atoms with Gasteiger partial charge in [-0.15, -0.1) is 5.10 Å². The normalized spacial score (nSPS) is 23.2. The first-order valence-electron chi connectivity index (χ1n) is 6.15. The number of nitrogens with two attached hydrogens (primary N) is 1. The summed E-state index contributed by atoms with van der Waals surface area (Å²) in [6.07, 6.45) is 3.60. The number of carbonyl (C=O) groups is 1. The number of nitrogens with one attached hydrogen (secondary N) is 1. The number of ether oxygens (including phenoxy) is 1. The van der Waals surface area contributed by atoms with Gasteiger partial charge in [0.15, 0.2) is 5.69 Å². The highest BCUT2D eigenvalue weighted by atomic mass is 16.5. The van der Waals surface area contributed by atoms with E-state index in [1.165, 1.54) is 0 Å². The molecule has 7 heteroatoms. The average Bonchev–Trinajstić information content (AvgIpc) is 2.97. The Morgan fingerprint density at radius 2 is 2.56 bits per heavy atom. The number of hydrogen-bond acceptors (Lipinski definition) is 5. The van der Waals surface area contributed by atoms with Gasteiger partial charge in [0, 0.05) is 19.7 Å². The van der Waals surface area contributed by atoms with Gasteiger partial charge in [-0.1, -0.05) is 5.21 Å². The van der Waals surface area contributed by atoms with Crippen molar-refractivity contribution in [3.05, 3.63) is 11.9 Å². The minimum Gasteiger partial charge on any atom is -0.373 e. The first-order chi connectivity index (χ1) is 8.63. The molecule has 0 bridgehead atoms. The second-order valence-corrected chi connectivity index (χ2v) is 4.74. The molecule has 1 aliphatic heterocycles. The summed E-state index contributed by atoms with van der Waals surface area (Å²) in [6.45, 7) is 4.29. The third-order valence-corrected chi connectivity index (χ3v) is 3.05. The van der Waals surface area contributed by atoms with Crippen molar-refractivity contribution in [1.29, 1.82) is 0 Å². The van der Waals surface area contributed by atoms with Gasteiger partial charge in [-0.05, 0) is 19.8 Å². The smallest absolute Gasteiger partial charge is 0.273 e. The molecule has 0 radical (unpaired) electrons. The Bertz CT molecular complexity index is 411. The lowest BCUT2D eigenvalue weighted by atomic mass is 10.0.